The molecule has 28 heavy (non-hydrogen) atoms. The maximum atomic E-state index is 6.63. The largest absolute Gasteiger partial charge is 0.493 e. The summed E-state index contributed by atoms with van der Waals surface area (Å²) in [4.78, 5) is 2.43. The molecule has 3 rings (SSSR count). The minimum Gasteiger partial charge on any atom is -0.493 e. The molecule has 0 spiro atoms. The first kappa shape index (κ1) is 21.1. The predicted octanol–water partition coefficient (Wildman–Crippen LogP) is 4.40. The average Bonchev–Trinajstić information content (AvgIpc) is 2.98. The van der Waals surface area contributed by atoms with Gasteiger partial charge in [0.1, 0.15) is 0 Å². The Labute approximate surface area is 176 Å². The maximum Gasteiger partial charge on any atom is 0.203 e. The van der Waals surface area contributed by atoms with Gasteiger partial charge in [0.05, 0.1) is 27.4 Å². The Kier molecular flexibility index (Phi) is 7.30. The number of ether oxygens (including phenoxy) is 3. The summed E-state index contributed by atoms with van der Waals surface area (Å²) >= 11 is 12.8. The van der Waals surface area contributed by atoms with E-state index in [0.29, 0.717) is 27.3 Å². The van der Waals surface area contributed by atoms with Crippen LogP contribution < -0.4 is 19.5 Å². The minimum atomic E-state index is -0.0571. The Bertz CT molecular complexity index is 783. The number of nitrogens with zero attached hydrogens (tertiary/aromatic N) is 1. The van der Waals surface area contributed by atoms with Crippen molar-refractivity contribution >= 4 is 23.2 Å². The quantitative estimate of drug-likeness (QED) is 0.743. The lowest BCUT2D eigenvalue weighted by molar-refractivity contribution is 0.239. The molecule has 0 radical (unpaired) electrons. The van der Waals surface area contributed by atoms with E-state index in [-0.39, 0.29) is 6.04 Å². The van der Waals surface area contributed by atoms with Crippen LogP contribution in [-0.4, -0.2) is 52.4 Å². The van der Waals surface area contributed by atoms with E-state index >= 15 is 0 Å². The van der Waals surface area contributed by atoms with Crippen LogP contribution in [0.2, 0.25) is 10.0 Å². The Morgan fingerprint density at radius 1 is 0.929 bits per heavy atom. The molecule has 1 N–H and O–H groups in total. The zero-order valence-corrected chi connectivity index (χ0v) is 17.9. The van der Waals surface area contributed by atoms with Crippen LogP contribution >= 0.6 is 23.2 Å². The Morgan fingerprint density at radius 3 is 2.25 bits per heavy atom. The molecule has 1 fully saturated rings. The first-order valence-electron chi connectivity index (χ1n) is 9.28. The van der Waals surface area contributed by atoms with E-state index < -0.39 is 0 Å². The molecule has 2 aromatic carbocycles. The van der Waals surface area contributed by atoms with Gasteiger partial charge in [0.25, 0.3) is 0 Å². The van der Waals surface area contributed by atoms with Gasteiger partial charge in [-0.2, -0.15) is 0 Å². The van der Waals surface area contributed by atoms with Crippen molar-refractivity contribution in [2.75, 3.05) is 47.5 Å². The summed E-state index contributed by atoms with van der Waals surface area (Å²) in [6.07, 6.45) is 1.06. The Morgan fingerprint density at radius 2 is 1.64 bits per heavy atom. The van der Waals surface area contributed by atoms with Crippen LogP contribution in [0.4, 0.5) is 0 Å². The van der Waals surface area contributed by atoms with E-state index in [1.165, 1.54) is 0 Å². The second-order valence-corrected chi connectivity index (χ2v) is 7.51. The molecular weight excluding hydrogens is 399 g/mol. The molecular formula is C21H26Cl2N2O3. The van der Waals surface area contributed by atoms with Crippen molar-refractivity contribution < 1.29 is 14.2 Å². The van der Waals surface area contributed by atoms with Crippen molar-refractivity contribution in [3.8, 4) is 17.2 Å². The lowest BCUT2D eigenvalue weighted by Crippen LogP contribution is -2.33. The third-order valence-electron chi connectivity index (χ3n) is 5.00. The molecule has 0 aromatic heterocycles. The fourth-order valence-corrected chi connectivity index (χ4v) is 4.21. The summed E-state index contributed by atoms with van der Waals surface area (Å²) < 4.78 is 16.6. The van der Waals surface area contributed by atoms with E-state index in [9.17, 15) is 0 Å². The molecule has 2 aromatic rings. The van der Waals surface area contributed by atoms with Crippen molar-refractivity contribution in [3.63, 3.8) is 0 Å². The zero-order valence-electron chi connectivity index (χ0n) is 16.4. The number of halogens is 2. The summed E-state index contributed by atoms with van der Waals surface area (Å²) in [6.45, 7) is 3.78. The van der Waals surface area contributed by atoms with Crippen LogP contribution in [0, 0.1) is 0 Å². The number of hydrogen-bond donors (Lipinski definition) is 1. The fraction of sp³-hybridized carbons (Fsp3) is 0.429. The van der Waals surface area contributed by atoms with Gasteiger partial charge in [-0.15, -0.1) is 0 Å². The van der Waals surface area contributed by atoms with Crippen LogP contribution in [0.15, 0.2) is 30.3 Å². The van der Waals surface area contributed by atoms with E-state index in [2.05, 4.69) is 10.2 Å². The second-order valence-electron chi connectivity index (χ2n) is 6.67. The Balaban J connectivity index is 2.15. The van der Waals surface area contributed by atoms with Gasteiger partial charge < -0.3 is 19.5 Å². The first-order valence-corrected chi connectivity index (χ1v) is 10.0. The molecule has 152 valence electrons. The van der Waals surface area contributed by atoms with E-state index in [0.717, 1.165) is 43.7 Å². The van der Waals surface area contributed by atoms with Gasteiger partial charge in [-0.1, -0.05) is 29.3 Å². The minimum absolute atomic E-state index is 0.0571. The number of methoxy groups -OCH3 is 3. The number of hydrogen-bond acceptors (Lipinski definition) is 5. The summed E-state index contributed by atoms with van der Waals surface area (Å²) in [5.74, 6) is 1.83. The monoisotopic (exact) mass is 424 g/mol. The van der Waals surface area contributed by atoms with E-state index in [1.54, 1.807) is 27.4 Å². The van der Waals surface area contributed by atoms with Crippen LogP contribution in [0.1, 0.15) is 23.6 Å². The van der Waals surface area contributed by atoms with Gasteiger partial charge in [0.2, 0.25) is 5.75 Å². The second kappa shape index (κ2) is 9.70. The number of rotatable bonds is 6. The van der Waals surface area contributed by atoms with E-state index in [4.69, 9.17) is 37.4 Å². The highest BCUT2D eigenvalue weighted by molar-refractivity contribution is 6.35. The molecule has 0 saturated carbocycles. The van der Waals surface area contributed by atoms with Gasteiger partial charge in [0, 0.05) is 29.7 Å². The van der Waals surface area contributed by atoms with Crippen molar-refractivity contribution in [1.82, 2.24) is 10.2 Å². The standard InChI is InChI=1S/C21H26Cl2N2O3/c1-26-18-11-14(12-19(27-2)21(18)28-3)20(25-9-4-7-24-8-10-25)16-6-5-15(22)13-17(16)23/h5-6,11-13,20,24H,4,7-10H2,1-3H3. The molecule has 1 heterocycles. The molecule has 1 atom stereocenters. The lowest BCUT2D eigenvalue weighted by Gasteiger charge is -2.32. The molecule has 5 nitrogen and oxygen atoms in total. The average molecular weight is 425 g/mol. The molecule has 0 amide bonds. The maximum absolute atomic E-state index is 6.63. The third kappa shape index (κ3) is 4.49. The van der Waals surface area contributed by atoms with Gasteiger partial charge >= 0.3 is 0 Å². The van der Waals surface area contributed by atoms with Crippen molar-refractivity contribution in [3.05, 3.63) is 51.5 Å². The summed E-state index contributed by atoms with van der Waals surface area (Å²) in [7, 11) is 4.86. The molecule has 1 aliphatic heterocycles. The molecule has 1 unspecified atom stereocenters. The predicted molar refractivity (Wildman–Crippen MR) is 113 cm³/mol. The van der Waals surface area contributed by atoms with Crippen LogP contribution in [-0.2, 0) is 0 Å². The summed E-state index contributed by atoms with van der Waals surface area (Å²) in [6, 6.07) is 9.60. The first-order chi connectivity index (χ1) is 13.6. The van der Waals surface area contributed by atoms with Gasteiger partial charge in [-0.05, 0) is 48.4 Å². The fourth-order valence-electron chi connectivity index (χ4n) is 3.69. The third-order valence-corrected chi connectivity index (χ3v) is 5.56. The normalized spacial score (nSPS) is 16.3. The van der Waals surface area contributed by atoms with Crippen molar-refractivity contribution in [2.24, 2.45) is 0 Å². The van der Waals surface area contributed by atoms with Gasteiger partial charge in [-0.3, -0.25) is 4.90 Å². The summed E-state index contributed by atoms with van der Waals surface area (Å²) in [5.41, 5.74) is 2.03. The SMILES string of the molecule is COc1cc(C(c2ccc(Cl)cc2Cl)N2CCCNCC2)cc(OC)c1OC. The highest BCUT2D eigenvalue weighted by Crippen LogP contribution is 2.43. The van der Waals surface area contributed by atoms with Crippen LogP contribution in [0.25, 0.3) is 0 Å². The Hall–Kier alpha value is -1.66. The molecule has 7 heteroatoms. The topological polar surface area (TPSA) is 43.0 Å². The zero-order chi connectivity index (χ0) is 20.1. The molecule has 1 saturated heterocycles. The van der Waals surface area contributed by atoms with Crippen molar-refractivity contribution in [1.29, 1.82) is 0 Å². The molecule has 0 bridgehead atoms. The van der Waals surface area contributed by atoms with Gasteiger partial charge in [-0.25, -0.2) is 0 Å². The van der Waals surface area contributed by atoms with Crippen molar-refractivity contribution in [2.45, 2.75) is 12.5 Å². The van der Waals surface area contributed by atoms with E-state index in [1.807, 2.05) is 24.3 Å². The molecule has 1 aliphatic rings. The number of benzene rings is 2. The number of nitrogens with one attached hydrogen (secondary N) is 1. The highest BCUT2D eigenvalue weighted by Gasteiger charge is 2.27. The van der Waals surface area contributed by atoms with Gasteiger partial charge in [0.15, 0.2) is 11.5 Å². The molecule has 0 aliphatic carbocycles. The smallest absolute Gasteiger partial charge is 0.203 e. The van der Waals surface area contributed by atoms with Crippen LogP contribution in [0.3, 0.4) is 0 Å². The highest BCUT2D eigenvalue weighted by atomic mass is 35.5. The lowest BCUT2D eigenvalue weighted by atomic mass is 9.95. The van der Waals surface area contributed by atoms with Crippen LogP contribution in [0.5, 0.6) is 17.2 Å². The summed E-state index contributed by atoms with van der Waals surface area (Å²) in [5, 5.41) is 4.72.